The van der Waals surface area contributed by atoms with E-state index in [1.54, 1.807) is 24.3 Å². The number of amides is 1. The normalized spacial score (nSPS) is 15.5. The van der Waals surface area contributed by atoms with E-state index in [0.717, 1.165) is 5.56 Å². The molecule has 2 N–H and O–H groups in total. The highest BCUT2D eigenvalue weighted by Crippen LogP contribution is 2.48. The van der Waals surface area contributed by atoms with Crippen molar-refractivity contribution in [2.75, 3.05) is 13.1 Å². The molecule has 26 heavy (non-hydrogen) atoms. The molecule has 8 heteroatoms. The number of hydrogen-bond acceptors (Lipinski definition) is 3. The number of rotatable bonds is 7. The fourth-order valence-corrected chi connectivity index (χ4v) is 4.12. The Morgan fingerprint density at radius 2 is 1.81 bits per heavy atom. The van der Waals surface area contributed by atoms with Crippen LogP contribution in [0.4, 0.5) is 4.39 Å². The Labute approximate surface area is 156 Å². The molecule has 138 valence electrons. The van der Waals surface area contributed by atoms with Gasteiger partial charge < -0.3 is 5.32 Å². The number of nitrogens with one attached hydrogen (secondary N) is 2. The molecule has 0 spiro atoms. The Kier molecular flexibility index (Phi) is 5.32. The van der Waals surface area contributed by atoms with Gasteiger partial charge in [0.1, 0.15) is 5.82 Å². The van der Waals surface area contributed by atoms with Crippen LogP contribution in [0.1, 0.15) is 18.4 Å². The van der Waals surface area contributed by atoms with Crippen molar-refractivity contribution in [1.29, 1.82) is 0 Å². The molecule has 1 fully saturated rings. The van der Waals surface area contributed by atoms with Gasteiger partial charge >= 0.3 is 0 Å². The molecule has 3 rings (SSSR count). The third-order valence-corrected chi connectivity index (χ3v) is 6.08. The second-order valence-electron chi connectivity index (χ2n) is 6.20. The summed E-state index contributed by atoms with van der Waals surface area (Å²) in [5.41, 5.74) is 0.149. The van der Waals surface area contributed by atoms with E-state index in [2.05, 4.69) is 10.0 Å². The van der Waals surface area contributed by atoms with Gasteiger partial charge in [0.25, 0.3) is 0 Å². The van der Waals surface area contributed by atoms with Crippen molar-refractivity contribution >= 4 is 27.5 Å². The highest BCUT2D eigenvalue weighted by Gasteiger charge is 2.51. The van der Waals surface area contributed by atoms with Crippen molar-refractivity contribution in [1.82, 2.24) is 10.0 Å². The molecule has 1 aliphatic rings. The summed E-state index contributed by atoms with van der Waals surface area (Å²) in [5, 5.41) is 3.08. The molecular formula is C18H18ClFN2O3S. The third kappa shape index (κ3) is 4.06. The summed E-state index contributed by atoms with van der Waals surface area (Å²) in [7, 11) is -3.68. The van der Waals surface area contributed by atoms with Gasteiger partial charge in [-0.1, -0.05) is 29.8 Å². The van der Waals surface area contributed by atoms with Crippen LogP contribution in [0.25, 0.3) is 0 Å². The zero-order valence-corrected chi connectivity index (χ0v) is 15.4. The molecule has 2 aromatic rings. The lowest BCUT2D eigenvalue weighted by Crippen LogP contribution is -2.39. The minimum absolute atomic E-state index is 0.0556. The van der Waals surface area contributed by atoms with Gasteiger partial charge in [0.05, 0.1) is 10.3 Å². The van der Waals surface area contributed by atoms with Gasteiger partial charge in [-0.15, -0.1) is 0 Å². The van der Waals surface area contributed by atoms with Crippen molar-refractivity contribution in [3.05, 3.63) is 64.9 Å². The number of halogens is 2. The smallest absolute Gasteiger partial charge is 0.240 e. The molecule has 5 nitrogen and oxygen atoms in total. The molecule has 1 amide bonds. The Morgan fingerprint density at radius 1 is 1.12 bits per heavy atom. The Hall–Kier alpha value is -1.96. The van der Waals surface area contributed by atoms with Crippen molar-refractivity contribution in [3.8, 4) is 0 Å². The molecule has 1 saturated carbocycles. The molecule has 0 bridgehead atoms. The molecule has 2 aromatic carbocycles. The van der Waals surface area contributed by atoms with Crippen LogP contribution in [-0.2, 0) is 20.2 Å². The first-order chi connectivity index (χ1) is 12.3. The Morgan fingerprint density at radius 3 is 2.42 bits per heavy atom. The van der Waals surface area contributed by atoms with Gasteiger partial charge in [0, 0.05) is 18.1 Å². The molecule has 0 saturated heterocycles. The van der Waals surface area contributed by atoms with Gasteiger partial charge in [0.2, 0.25) is 15.9 Å². The average Bonchev–Trinajstić information content (AvgIpc) is 3.41. The van der Waals surface area contributed by atoms with E-state index in [-0.39, 0.29) is 29.7 Å². The number of sulfonamides is 1. The van der Waals surface area contributed by atoms with Gasteiger partial charge in [-0.3, -0.25) is 4.79 Å². The van der Waals surface area contributed by atoms with Crippen molar-refractivity contribution in [2.45, 2.75) is 23.2 Å². The summed E-state index contributed by atoms with van der Waals surface area (Å²) in [4.78, 5) is 12.5. The van der Waals surface area contributed by atoms with Crippen LogP contribution in [0, 0.1) is 5.82 Å². The topological polar surface area (TPSA) is 75.3 Å². The number of hydrogen-bond donors (Lipinski definition) is 2. The molecule has 0 radical (unpaired) electrons. The highest BCUT2D eigenvalue weighted by molar-refractivity contribution is 7.89. The zero-order chi connectivity index (χ0) is 18.8. The summed E-state index contributed by atoms with van der Waals surface area (Å²) >= 11 is 5.81. The summed E-state index contributed by atoms with van der Waals surface area (Å²) < 4.78 is 39.8. The first kappa shape index (κ1) is 18.8. The van der Waals surface area contributed by atoms with E-state index in [1.807, 2.05) is 0 Å². The number of carbonyl (C=O) groups is 1. The lowest BCUT2D eigenvalue weighted by Gasteiger charge is -2.16. The van der Waals surface area contributed by atoms with Crippen LogP contribution in [0.15, 0.2) is 53.4 Å². The second kappa shape index (κ2) is 7.34. The number of benzene rings is 2. The van der Waals surface area contributed by atoms with Gasteiger partial charge in [-0.05, 0) is 48.7 Å². The summed E-state index contributed by atoms with van der Waals surface area (Å²) in [6.45, 7) is 0.210. The molecule has 1 aliphatic carbocycles. The minimum atomic E-state index is -3.68. The van der Waals surface area contributed by atoms with E-state index in [1.165, 1.54) is 24.3 Å². The fourth-order valence-electron chi connectivity index (χ4n) is 2.79. The largest absolute Gasteiger partial charge is 0.354 e. The molecule has 0 aliphatic heterocycles. The summed E-state index contributed by atoms with van der Waals surface area (Å²) in [6.07, 6.45) is 1.39. The SMILES string of the molecule is O=C(NCCNS(=O)(=O)c1cccc(Cl)c1)C1(c2ccc(F)cc2)CC1. The monoisotopic (exact) mass is 396 g/mol. The maximum Gasteiger partial charge on any atom is 0.240 e. The molecule has 0 unspecified atom stereocenters. The van der Waals surface area contributed by atoms with Crippen LogP contribution >= 0.6 is 11.6 Å². The predicted octanol–water partition coefficient (Wildman–Crippen LogP) is 2.61. The van der Waals surface area contributed by atoms with Crippen LogP contribution in [0.2, 0.25) is 5.02 Å². The maximum atomic E-state index is 13.0. The van der Waals surface area contributed by atoms with E-state index in [0.29, 0.717) is 17.9 Å². The predicted molar refractivity (Wildman–Crippen MR) is 97.0 cm³/mol. The molecule has 0 heterocycles. The minimum Gasteiger partial charge on any atom is -0.354 e. The number of carbonyl (C=O) groups excluding carboxylic acids is 1. The van der Waals surface area contributed by atoms with Gasteiger partial charge in [0.15, 0.2) is 0 Å². The first-order valence-corrected chi connectivity index (χ1v) is 9.99. The average molecular weight is 397 g/mol. The molecule has 0 aromatic heterocycles. The molecular weight excluding hydrogens is 379 g/mol. The quantitative estimate of drug-likeness (QED) is 0.706. The van der Waals surface area contributed by atoms with Gasteiger partial charge in [-0.25, -0.2) is 17.5 Å². The van der Waals surface area contributed by atoms with Gasteiger partial charge in [-0.2, -0.15) is 0 Å². The van der Waals surface area contributed by atoms with E-state index in [4.69, 9.17) is 11.6 Å². The van der Waals surface area contributed by atoms with Crippen LogP contribution < -0.4 is 10.0 Å². The van der Waals surface area contributed by atoms with Crippen LogP contribution in [0.3, 0.4) is 0 Å². The van der Waals surface area contributed by atoms with E-state index >= 15 is 0 Å². The first-order valence-electron chi connectivity index (χ1n) is 8.13. The van der Waals surface area contributed by atoms with E-state index < -0.39 is 15.4 Å². The lowest BCUT2D eigenvalue weighted by molar-refractivity contribution is -0.123. The van der Waals surface area contributed by atoms with Crippen molar-refractivity contribution in [3.63, 3.8) is 0 Å². The summed E-state index contributed by atoms with van der Waals surface area (Å²) in [5.74, 6) is -0.522. The third-order valence-electron chi connectivity index (χ3n) is 4.39. The molecule has 0 atom stereocenters. The summed E-state index contributed by atoms with van der Waals surface area (Å²) in [6, 6.07) is 11.8. The second-order valence-corrected chi connectivity index (χ2v) is 8.40. The highest BCUT2D eigenvalue weighted by atomic mass is 35.5. The fraction of sp³-hybridized carbons (Fsp3) is 0.278. The van der Waals surface area contributed by atoms with Crippen LogP contribution in [0.5, 0.6) is 0 Å². The zero-order valence-electron chi connectivity index (χ0n) is 13.8. The maximum absolute atomic E-state index is 13.0. The Balaban J connectivity index is 1.53. The van der Waals surface area contributed by atoms with Crippen molar-refractivity contribution in [2.24, 2.45) is 0 Å². The lowest BCUT2D eigenvalue weighted by atomic mass is 9.95. The van der Waals surface area contributed by atoms with Crippen LogP contribution in [-0.4, -0.2) is 27.4 Å². The van der Waals surface area contributed by atoms with E-state index in [9.17, 15) is 17.6 Å². The standard InChI is InChI=1S/C18H18ClFN2O3S/c19-14-2-1-3-16(12-14)26(24,25)22-11-10-21-17(23)18(8-9-18)13-4-6-15(20)7-5-13/h1-7,12,22H,8-11H2,(H,21,23). The van der Waals surface area contributed by atoms with Crippen molar-refractivity contribution < 1.29 is 17.6 Å². The Bertz CT molecular complexity index is 912.